The van der Waals surface area contributed by atoms with Crippen LogP contribution in [0.25, 0.3) is 10.9 Å². The molecule has 0 bridgehead atoms. The van der Waals surface area contributed by atoms with Crippen LogP contribution in [0.15, 0.2) is 18.5 Å². The minimum absolute atomic E-state index is 0.689. The molecular formula is C20H29N5O2. The molecule has 0 unspecified atom stereocenters. The average Bonchev–Trinajstić information content (AvgIpc) is 3.24. The molecule has 0 saturated carbocycles. The molecule has 0 atom stereocenters. The Hall–Kier alpha value is -2.12. The van der Waals surface area contributed by atoms with Crippen molar-refractivity contribution < 1.29 is 9.47 Å². The molecule has 2 aliphatic rings. The van der Waals surface area contributed by atoms with E-state index >= 15 is 0 Å². The van der Waals surface area contributed by atoms with E-state index in [1.165, 1.54) is 25.9 Å². The first kappa shape index (κ1) is 18.3. The molecule has 2 fully saturated rings. The molecule has 27 heavy (non-hydrogen) atoms. The van der Waals surface area contributed by atoms with E-state index < -0.39 is 0 Å². The summed E-state index contributed by atoms with van der Waals surface area (Å²) in [7, 11) is 1.69. The molecule has 0 spiro atoms. The second-order valence-electron chi connectivity index (χ2n) is 7.21. The van der Waals surface area contributed by atoms with Gasteiger partial charge in [0.25, 0.3) is 0 Å². The van der Waals surface area contributed by atoms with Crippen LogP contribution in [0.5, 0.6) is 11.5 Å². The van der Waals surface area contributed by atoms with Gasteiger partial charge in [-0.05, 0) is 38.4 Å². The first-order valence-corrected chi connectivity index (χ1v) is 9.99. The smallest absolute Gasteiger partial charge is 0.163 e. The van der Waals surface area contributed by atoms with Gasteiger partial charge in [0.15, 0.2) is 11.5 Å². The van der Waals surface area contributed by atoms with Crippen molar-refractivity contribution in [2.75, 3.05) is 64.4 Å². The van der Waals surface area contributed by atoms with E-state index in [0.29, 0.717) is 6.61 Å². The standard InChI is InChI=1S/C20H29N5O2/c1-26-18-13-16-17(22-15-23-20(16)25-10-5-21-6-11-25)14-19(18)27-12-4-9-24-7-2-3-8-24/h13-15,21H,2-12H2,1H3. The Morgan fingerprint density at radius 1 is 1.04 bits per heavy atom. The van der Waals surface area contributed by atoms with Crippen LogP contribution in [0.3, 0.4) is 0 Å². The third-order valence-corrected chi connectivity index (χ3v) is 5.39. The predicted molar refractivity (Wildman–Crippen MR) is 107 cm³/mol. The van der Waals surface area contributed by atoms with Gasteiger partial charge in [-0.3, -0.25) is 0 Å². The highest BCUT2D eigenvalue weighted by Crippen LogP contribution is 2.35. The molecule has 1 aromatic carbocycles. The number of hydrogen-bond acceptors (Lipinski definition) is 7. The van der Waals surface area contributed by atoms with Crippen LogP contribution in [0.2, 0.25) is 0 Å². The molecule has 2 saturated heterocycles. The van der Waals surface area contributed by atoms with Gasteiger partial charge in [0.1, 0.15) is 12.1 Å². The molecule has 1 N–H and O–H groups in total. The zero-order valence-electron chi connectivity index (χ0n) is 16.1. The van der Waals surface area contributed by atoms with Crippen LogP contribution in [-0.2, 0) is 0 Å². The van der Waals surface area contributed by atoms with Crippen molar-refractivity contribution >= 4 is 16.7 Å². The van der Waals surface area contributed by atoms with Crippen LogP contribution in [0, 0.1) is 0 Å². The lowest BCUT2D eigenvalue weighted by molar-refractivity contribution is 0.254. The lowest BCUT2D eigenvalue weighted by Crippen LogP contribution is -2.44. The van der Waals surface area contributed by atoms with E-state index in [2.05, 4.69) is 25.1 Å². The van der Waals surface area contributed by atoms with Gasteiger partial charge in [-0.2, -0.15) is 0 Å². The van der Waals surface area contributed by atoms with Crippen LogP contribution in [0.4, 0.5) is 5.82 Å². The van der Waals surface area contributed by atoms with E-state index in [4.69, 9.17) is 9.47 Å². The summed E-state index contributed by atoms with van der Waals surface area (Å²) in [4.78, 5) is 13.8. The molecule has 7 heteroatoms. The van der Waals surface area contributed by atoms with Crippen molar-refractivity contribution in [3.63, 3.8) is 0 Å². The lowest BCUT2D eigenvalue weighted by Gasteiger charge is -2.29. The highest BCUT2D eigenvalue weighted by Gasteiger charge is 2.18. The maximum atomic E-state index is 6.05. The molecule has 0 aliphatic carbocycles. The highest BCUT2D eigenvalue weighted by atomic mass is 16.5. The normalized spacial score (nSPS) is 18.2. The fourth-order valence-corrected chi connectivity index (χ4v) is 3.93. The zero-order chi connectivity index (χ0) is 18.5. The minimum atomic E-state index is 0.689. The Labute approximate surface area is 160 Å². The summed E-state index contributed by atoms with van der Waals surface area (Å²) in [6.07, 6.45) is 5.32. The summed E-state index contributed by atoms with van der Waals surface area (Å²) >= 11 is 0. The van der Waals surface area contributed by atoms with Gasteiger partial charge in [-0.15, -0.1) is 0 Å². The number of hydrogen-bond donors (Lipinski definition) is 1. The number of rotatable bonds is 7. The topological polar surface area (TPSA) is 62.8 Å². The van der Waals surface area contributed by atoms with Crippen molar-refractivity contribution in [1.29, 1.82) is 0 Å². The van der Waals surface area contributed by atoms with Crippen LogP contribution in [-0.4, -0.2) is 74.4 Å². The second kappa shape index (κ2) is 8.71. The summed E-state index contributed by atoms with van der Waals surface area (Å²) in [5.41, 5.74) is 0.897. The molecular weight excluding hydrogens is 342 g/mol. The van der Waals surface area contributed by atoms with Gasteiger partial charge in [-0.25, -0.2) is 9.97 Å². The third-order valence-electron chi connectivity index (χ3n) is 5.39. The van der Waals surface area contributed by atoms with Crippen LogP contribution in [0.1, 0.15) is 19.3 Å². The Kier molecular flexibility index (Phi) is 5.89. The van der Waals surface area contributed by atoms with Gasteiger partial charge in [0.2, 0.25) is 0 Å². The van der Waals surface area contributed by atoms with Crippen molar-refractivity contribution in [3.05, 3.63) is 18.5 Å². The number of nitrogens with one attached hydrogen (secondary N) is 1. The minimum Gasteiger partial charge on any atom is -0.493 e. The van der Waals surface area contributed by atoms with Gasteiger partial charge < -0.3 is 24.6 Å². The monoisotopic (exact) mass is 371 g/mol. The fourth-order valence-electron chi connectivity index (χ4n) is 3.93. The molecule has 0 amide bonds. The highest BCUT2D eigenvalue weighted by molar-refractivity contribution is 5.92. The number of likely N-dealkylation sites (tertiary alicyclic amines) is 1. The van der Waals surface area contributed by atoms with E-state index in [1.54, 1.807) is 13.4 Å². The van der Waals surface area contributed by atoms with Gasteiger partial charge >= 0.3 is 0 Å². The summed E-state index contributed by atoms with van der Waals surface area (Å²) < 4.78 is 11.7. The van der Waals surface area contributed by atoms with E-state index in [9.17, 15) is 0 Å². The van der Waals surface area contributed by atoms with Gasteiger partial charge in [0.05, 0.1) is 19.2 Å². The second-order valence-corrected chi connectivity index (χ2v) is 7.21. The van der Waals surface area contributed by atoms with Crippen LogP contribution < -0.4 is 19.7 Å². The molecule has 2 aliphatic heterocycles. The number of fused-ring (bicyclic) bond motifs is 1. The summed E-state index contributed by atoms with van der Waals surface area (Å²) in [5.74, 6) is 2.48. The van der Waals surface area contributed by atoms with Crippen molar-refractivity contribution in [1.82, 2.24) is 20.2 Å². The van der Waals surface area contributed by atoms with Crippen molar-refractivity contribution in [2.24, 2.45) is 0 Å². The number of nitrogens with zero attached hydrogens (tertiary/aromatic N) is 4. The Morgan fingerprint density at radius 3 is 2.63 bits per heavy atom. The quantitative estimate of drug-likeness (QED) is 0.746. The maximum Gasteiger partial charge on any atom is 0.163 e. The zero-order valence-corrected chi connectivity index (χ0v) is 16.1. The molecule has 1 aromatic heterocycles. The van der Waals surface area contributed by atoms with Crippen molar-refractivity contribution in [3.8, 4) is 11.5 Å². The number of anilines is 1. The number of benzene rings is 1. The first-order valence-electron chi connectivity index (χ1n) is 9.99. The average molecular weight is 371 g/mol. The Morgan fingerprint density at radius 2 is 1.85 bits per heavy atom. The SMILES string of the molecule is COc1cc2c(N3CCNCC3)ncnc2cc1OCCCN1CCCC1. The Balaban J connectivity index is 1.49. The summed E-state index contributed by atoms with van der Waals surface area (Å²) in [6, 6.07) is 4.00. The van der Waals surface area contributed by atoms with Crippen LogP contribution >= 0.6 is 0 Å². The molecule has 0 radical (unpaired) electrons. The number of ether oxygens (including phenoxy) is 2. The summed E-state index contributed by atoms with van der Waals surface area (Å²) in [5, 5.41) is 4.39. The molecule has 2 aromatic rings. The van der Waals surface area contributed by atoms with E-state index in [-0.39, 0.29) is 0 Å². The predicted octanol–water partition coefficient (Wildman–Crippen LogP) is 1.91. The number of piperazine rings is 1. The summed E-state index contributed by atoms with van der Waals surface area (Å²) in [6.45, 7) is 8.09. The van der Waals surface area contributed by atoms with E-state index in [1.807, 2.05) is 12.1 Å². The van der Waals surface area contributed by atoms with Crippen molar-refractivity contribution in [2.45, 2.75) is 19.3 Å². The number of methoxy groups -OCH3 is 1. The molecule has 4 rings (SSSR count). The molecule has 7 nitrogen and oxygen atoms in total. The Bertz CT molecular complexity index is 757. The van der Waals surface area contributed by atoms with E-state index in [0.717, 1.165) is 67.4 Å². The first-order chi connectivity index (χ1) is 13.3. The number of aromatic nitrogens is 2. The largest absolute Gasteiger partial charge is 0.493 e. The lowest BCUT2D eigenvalue weighted by atomic mass is 10.2. The fraction of sp³-hybridized carbons (Fsp3) is 0.600. The van der Waals surface area contributed by atoms with Gasteiger partial charge in [0, 0.05) is 44.2 Å². The van der Waals surface area contributed by atoms with Gasteiger partial charge in [-0.1, -0.05) is 0 Å². The molecule has 146 valence electrons. The maximum absolute atomic E-state index is 6.05. The molecule has 3 heterocycles. The third kappa shape index (κ3) is 4.25.